The van der Waals surface area contributed by atoms with Crippen LogP contribution in [0.2, 0.25) is 0 Å². The summed E-state index contributed by atoms with van der Waals surface area (Å²) in [6.45, 7) is 4.18. The SMILES string of the molecule is C/C=C/CCC1CCC2CC(C3CCC(c4cc(F)c(OC/C=C/C)c(F)c4)CC3)CCC2C1. The van der Waals surface area contributed by atoms with Crippen LogP contribution in [0.1, 0.15) is 102 Å². The standard InChI is InChI=1S/C31H44F2O/c1-3-5-7-8-22-9-10-27-19-26(16-15-25(27)18-22)23-11-13-24(14-12-23)28-20-29(32)31(30(33)21-28)34-17-6-4-2/h3-6,20-27H,7-19H2,1-2H3/b5-3+,6-4+. The quantitative estimate of drug-likeness (QED) is 0.344. The van der Waals surface area contributed by atoms with Crippen LogP contribution in [0.4, 0.5) is 8.78 Å². The predicted molar refractivity (Wildman–Crippen MR) is 137 cm³/mol. The van der Waals surface area contributed by atoms with Gasteiger partial charge >= 0.3 is 0 Å². The van der Waals surface area contributed by atoms with Crippen LogP contribution in [0.5, 0.6) is 5.75 Å². The third-order valence-electron chi connectivity index (χ3n) is 9.23. The van der Waals surface area contributed by atoms with Gasteiger partial charge in [-0.2, -0.15) is 0 Å². The average Bonchev–Trinajstić information content (AvgIpc) is 2.85. The second kappa shape index (κ2) is 12.4. The van der Waals surface area contributed by atoms with Crippen molar-refractivity contribution in [2.45, 2.75) is 96.8 Å². The number of allylic oxidation sites excluding steroid dienone is 3. The summed E-state index contributed by atoms with van der Waals surface area (Å²) >= 11 is 0. The Morgan fingerprint density at radius 3 is 2.03 bits per heavy atom. The van der Waals surface area contributed by atoms with Gasteiger partial charge in [-0.15, -0.1) is 0 Å². The summed E-state index contributed by atoms with van der Waals surface area (Å²) < 4.78 is 34.4. The van der Waals surface area contributed by atoms with Gasteiger partial charge in [0, 0.05) is 0 Å². The van der Waals surface area contributed by atoms with Crippen LogP contribution in [-0.2, 0) is 0 Å². The van der Waals surface area contributed by atoms with E-state index in [9.17, 15) is 8.78 Å². The van der Waals surface area contributed by atoms with Crippen LogP contribution < -0.4 is 4.74 Å². The number of fused-ring (bicyclic) bond motifs is 1. The third-order valence-corrected chi connectivity index (χ3v) is 9.23. The maximum absolute atomic E-state index is 14.5. The minimum atomic E-state index is -0.568. The molecule has 0 bridgehead atoms. The van der Waals surface area contributed by atoms with E-state index in [4.69, 9.17) is 4.74 Å². The molecule has 188 valence electrons. The first kappa shape index (κ1) is 25.5. The van der Waals surface area contributed by atoms with Gasteiger partial charge in [0.2, 0.25) is 0 Å². The fourth-order valence-electron chi connectivity index (χ4n) is 7.32. The maximum Gasteiger partial charge on any atom is 0.191 e. The van der Waals surface area contributed by atoms with Gasteiger partial charge in [-0.25, -0.2) is 8.78 Å². The Labute approximate surface area is 206 Å². The Morgan fingerprint density at radius 1 is 0.765 bits per heavy atom. The van der Waals surface area contributed by atoms with E-state index in [1.165, 1.54) is 76.3 Å². The Morgan fingerprint density at radius 2 is 1.35 bits per heavy atom. The van der Waals surface area contributed by atoms with Crippen LogP contribution in [0, 0.1) is 41.2 Å². The van der Waals surface area contributed by atoms with Crippen LogP contribution in [-0.4, -0.2) is 6.61 Å². The van der Waals surface area contributed by atoms with E-state index in [0.29, 0.717) is 0 Å². The van der Waals surface area contributed by atoms with Crippen molar-refractivity contribution in [3.8, 4) is 5.75 Å². The van der Waals surface area contributed by atoms with E-state index < -0.39 is 11.6 Å². The molecule has 0 saturated heterocycles. The predicted octanol–water partition coefficient (Wildman–Crippen LogP) is 9.38. The lowest BCUT2D eigenvalue weighted by atomic mass is 9.60. The average molecular weight is 471 g/mol. The molecule has 3 fully saturated rings. The van der Waals surface area contributed by atoms with E-state index in [-0.39, 0.29) is 18.3 Å². The summed E-state index contributed by atoms with van der Waals surface area (Å²) in [5.41, 5.74) is 0.812. The van der Waals surface area contributed by atoms with Gasteiger partial charge in [-0.05, 0) is 138 Å². The molecule has 0 spiro atoms. The van der Waals surface area contributed by atoms with E-state index in [0.717, 1.165) is 48.0 Å². The van der Waals surface area contributed by atoms with Gasteiger partial charge < -0.3 is 4.74 Å². The lowest BCUT2D eigenvalue weighted by molar-refractivity contribution is 0.0621. The van der Waals surface area contributed by atoms with Crippen molar-refractivity contribution in [1.82, 2.24) is 0 Å². The largest absolute Gasteiger partial charge is 0.483 e. The molecule has 3 heteroatoms. The summed E-state index contributed by atoms with van der Waals surface area (Å²) in [7, 11) is 0. The lowest BCUT2D eigenvalue weighted by Gasteiger charge is -2.45. The minimum absolute atomic E-state index is 0.189. The Balaban J connectivity index is 1.26. The molecule has 1 aromatic rings. The summed E-state index contributed by atoms with van der Waals surface area (Å²) in [6, 6.07) is 3.03. The maximum atomic E-state index is 14.5. The molecular formula is C31H44F2O. The highest BCUT2D eigenvalue weighted by Crippen LogP contribution is 2.50. The molecule has 1 aromatic carbocycles. The molecule has 0 aromatic heterocycles. The zero-order valence-corrected chi connectivity index (χ0v) is 21.3. The van der Waals surface area contributed by atoms with Gasteiger partial charge in [-0.1, -0.05) is 30.7 Å². The van der Waals surface area contributed by atoms with Crippen molar-refractivity contribution in [2.24, 2.45) is 29.6 Å². The number of hydrogen-bond acceptors (Lipinski definition) is 1. The van der Waals surface area contributed by atoms with Crippen molar-refractivity contribution < 1.29 is 13.5 Å². The second-order valence-corrected chi connectivity index (χ2v) is 11.2. The number of hydrogen-bond donors (Lipinski definition) is 0. The first-order chi connectivity index (χ1) is 16.6. The molecule has 1 nitrogen and oxygen atoms in total. The molecule has 4 atom stereocenters. The smallest absolute Gasteiger partial charge is 0.191 e. The molecule has 0 N–H and O–H groups in total. The number of halogens is 2. The zero-order chi connectivity index (χ0) is 23.9. The molecule has 0 radical (unpaired) electrons. The Bertz CT molecular complexity index is 813. The highest BCUT2D eigenvalue weighted by Gasteiger charge is 2.38. The van der Waals surface area contributed by atoms with E-state index in [2.05, 4.69) is 19.1 Å². The monoisotopic (exact) mass is 470 g/mol. The van der Waals surface area contributed by atoms with E-state index in [1.807, 2.05) is 13.0 Å². The first-order valence-corrected chi connectivity index (χ1v) is 13.9. The number of rotatable bonds is 8. The van der Waals surface area contributed by atoms with Gasteiger partial charge in [0.05, 0.1) is 0 Å². The molecule has 3 aliphatic rings. The molecule has 34 heavy (non-hydrogen) atoms. The third kappa shape index (κ3) is 6.32. The number of ether oxygens (including phenoxy) is 1. The minimum Gasteiger partial charge on any atom is -0.483 e. The van der Waals surface area contributed by atoms with Crippen molar-refractivity contribution in [3.63, 3.8) is 0 Å². The highest BCUT2D eigenvalue weighted by atomic mass is 19.1. The first-order valence-electron chi connectivity index (χ1n) is 13.9. The summed E-state index contributed by atoms with van der Waals surface area (Å²) in [6.07, 6.45) is 23.9. The van der Waals surface area contributed by atoms with E-state index in [1.54, 1.807) is 6.08 Å². The van der Waals surface area contributed by atoms with Crippen LogP contribution in [0.25, 0.3) is 0 Å². The van der Waals surface area contributed by atoms with Gasteiger partial charge in [0.25, 0.3) is 0 Å². The molecule has 3 saturated carbocycles. The summed E-state index contributed by atoms with van der Waals surface area (Å²) in [5, 5.41) is 0. The summed E-state index contributed by atoms with van der Waals surface area (Å²) in [5.74, 6) is 3.44. The molecular weight excluding hydrogens is 426 g/mol. The van der Waals surface area contributed by atoms with Crippen molar-refractivity contribution >= 4 is 0 Å². The molecule has 4 rings (SSSR count). The lowest BCUT2D eigenvalue weighted by Crippen LogP contribution is -2.34. The number of benzene rings is 1. The Hall–Kier alpha value is -1.64. The molecule has 3 aliphatic carbocycles. The van der Waals surface area contributed by atoms with Gasteiger partial charge in [0.15, 0.2) is 17.4 Å². The van der Waals surface area contributed by atoms with E-state index >= 15 is 0 Å². The molecule has 0 amide bonds. The van der Waals surface area contributed by atoms with Gasteiger partial charge in [-0.3, -0.25) is 0 Å². The van der Waals surface area contributed by atoms with Crippen molar-refractivity contribution in [1.29, 1.82) is 0 Å². The van der Waals surface area contributed by atoms with Crippen molar-refractivity contribution in [2.75, 3.05) is 6.61 Å². The molecule has 4 unspecified atom stereocenters. The molecule has 0 aliphatic heterocycles. The van der Waals surface area contributed by atoms with Crippen LogP contribution >= 0.6 is 0 Å². The fourth-order valence-corrected chi connectivity index (χ4v) is 7.32. The van der Waals surface area contributed by atoms with Gasteiger partial charge in [0.1, 0.15) is 6.61 Å². The summed E-state index contributed by atoms with van der Waals surface area (Å²) in [4.78, 5) is 0. The zero-order valence-electron chi connectivity index (χ0n) is 21.3. The Kier molecular flexibility index (Phi) is 9.25. The topological polar surface area (TPSA) is 9.23 Å². The molecule has 0 heterocycles. The van der Waals surface area contributed by atoms with Crippen LogP contribution in [0.3, 0.4) is 0 Å². The van der Waals surface area contributed by atoms with Crippen LogP contribution in [0.15, 0.2) is 36.4 Å². The fraction of sp³-hybridized carbons (Fsp3) is 0.677. The second-order valence-electron chi connectivity index (χ2n) is 11.2. The van der Waals surface area contributed by atoms with Crippen molar-refractivity contribution in [3.05, 3.63) is 53.6 Å². The normalized spacial score (nSPS) is 32.2. The highest BCUT2D eigenvalue weighted by molar-refractivity contribution is 5.33.